The summed E-state index contributed by atoms with van der Waals surface area (Å²) in [5, 5.41) is 1.27. The molecule has 2 heterocycles. The summed E-state index contributed by atoms with van der Waals surface area (Å²) in [5.74, 6) is 0. The molecule has 0 unspecified atom stereocenters. The molecule has 0 bridgehead atoms. The Bertz CT molecular complexity index is 1060. The van der Waals surface area contributed by atoms with E-state index in [9.17, 15) is 0 Å². The predicted molar refractivity (Wildman–Crippen MR) is 122 cm³/mol. The normalized spacial score (nSPS) is 17.1. The summed E-state index contributed by atoms with van der Waals surface area (Å²) in [6, 6.07) is 17.5. The highest BCUT2D eigenvalue weighted by Crippen LogP contribution is 2.47. The molecule has 0 radical (unpaired) electrons. The third-order valence-electron chi connectivity index (χ3n) is 5.80. The maximum Gasteiger partial charge on any atom is 0.262 e. The van der Waals surface area contributed by atoms with Gasteiger partial charge in [-0.3, -0.25) is 0 Å². The molecule has 0 N–H and O–H groups in total. The monoisotopic (exact) mass is 389 g/mol. The van der Waals surface area contributed by atoms with Crippen molar-refractivity contribution in [3.63, 3.8) is 0 Å². The molecule has 1 aliphatic rings. The Balaban J connectivity index is 1.70. The van der Waals surface area contributed by atoms with Crippen LogP contribution in [0, 0.1) is 0 Å². The third-order valence-corrected chi connectivity index (χ3v) is 6.98. The molecule has 0 spiro atoms. The zero-order chi connectivity index (χ0) is 19.7. The Morgan fingerprint density at radius 2 is 1.82 bits per heavy atom. The maximum atomic E-state index is 2.52. The number of aryl methyl sites for hydroxylation is 1. The van der Waals surface area contributed by atoms with E-state index in [1.54, 1.807) is 0 Å². The van der Waals surface area contributed by atoms with Crippen molar-refractivity contribution in [1.29, 1.82) is 0 Å². The lowest BCUT2D eigenvalue weighted by atomic mass is 9.84. The van der Waals surface area contributed by atoms with Gasteiger partial charge < -0.3 is 4.90 Å². The molecule has 2 nitrogen and oxygen atoms in total. The van der Waals surface area contributed by atoms with Gasteiger partial charge in [-0.2, -0.15) is 4.57 Å². The van der Waals surface area contributed by atoms with Crippen LogP contribution in [0.2, 0.25) is 0 Å². The molecular formula is C25H29N2S+. The fourth-order valence-corrected chi connectivity index (χ4v) is 5.25. The lowest BCUT2D eigenvalue weighted by molar-refractivity contribution is -0.642. The number of hydrogen-bond acceptors (Lipinski definition) is 2. The minimum atomic E-state index is 0.0248. The molecule has 0 amide bonds. The van der Waals surface area contributed by atoms with Crippen molar-refractivity contribution in [3.8, 4) is 0 Å². The minimum Gasteiger partial charge on any atom is -0.344 e. The Morgan fingerprint density at radius 1 is 1.07 bits per heavy atom. The Labute approximate surface area is 172 Å². The molecule has 0 aliphatic carbocycles. The SMILES string of the molecule is CCCCN1C(=CC=Cc2sc3ccccc3[n+]2C)C(C)(C)c2ccccc21. The van der Waals surface area contributed by atoms with Gasteiger partial charge in [-0.1, -0.05) is 74.9 Å². The highest BCUT2D eigenvalue weighted by Gasteiger charge is 2.39. The van der Waals surface area contributed by atoms with Gasteiger partial charge in [-0.05, 0) is 30.2 Å². The number of rotatable bonds is 5. The molecule has 0 fully saturated rings. The first-order chi connectivity index (χ1) is 13.5. The van der Waals surface area contributed by atoms with Gasteiger partial charge in [0.25, 0.3) is 5.01 Å². The van der Waals surface area contributed by atoms with Crippen molar-refractivity contribution in [2.75, 3.05) is 11.4 Å². The van der Waals surface area contributed by atoms with E-state index in [1.807, 2.05) is 11.3 Å². The summed E-state index contributed by atoms with van der Waals surface area (Å²) in [5.41, 5.74) is 5.50. The standard InChI is InChI=1S/C25H29N2S/c1-5-6-18-27-20-13-8-7-12-19(20)25(2,3)23(27)16-11-17-24-26(4)21-14-9-10-15-22(21)28-24/h7-17H,5-6,18H2,1-4H3/q+1. The number of anilines is 1. The summed E-state index contributed by atoms with van der Waals surface area (Å²) in [7, 11) is 2.15. The van der Waals surface area contributed by atoms with Crippen LogP contribution >= 0.6 is 11.3 Å². The first kappa shape index (κ1) is 18.9. The molecule has 0 atom stereocenters. The van der Waals surface area contributed by atoms with Gasteiger partial charge in [0.2, 0.25) is 5.52 Å². The molecule has 1 aromatic heterocycles. The number of thiazole rings is 1. The number of unbranched alkanes of at least 4 members (excludes halogenated alkanes) is 1. The van der Waals surface area contributed by atoms with Gasteiger partial charge in [0.05, 0.1) is 0 Å². The number of fused-ring (bicyclic) bond motifs is 2. The average Bonchev–Trinajstić information content (AvgIpc) is 3.13. The van der Waals surface area contributed by atoms with Crippen LogP contribution in [0.3, 0.4) is 0 Å². The van der Waals surface area contributed by atoms with E-state index in [0.29, 0.717) is 0 Å². The topological polar surface area (TPSA) is 7.12 Å². The number of allylic oxidation sites excluding steroid dienone is 3. The minimum absolute atomic E-state index is 0.0248. The van der Waals surface area contributed by atoms with Crippen LogP contribution in [0.25, 0.3) is 16.3 Å². The van der Waals surface area contributed by atoms with Crippen LogP contribution in [0.1, 0.15) is 44.2 Å². The Morgan fingerprint density at radius 3 is 2.61 bits per heavy atom. The van der Waals surface area contributed by atoms with Crippen LogP contribution in [0.5, 0.6) is 0 Å². The zero-order valence-corrected chi connectivity index (χ0v) is 18.1. The molecular weight excluding hydrogens is 360 g/mol. The van der Waals surface area contributed by atoms with E-state index in [4.69, 9.17) is 0 Å². The van der Waals surface area contributed by atoms with Crippen molar-refractivity contribution in [2.24, 2.45) is 7.05 Å². The zero-order valence-electron chi connectivity index (χ0n) is 17.3. The first-order valence-electron chi connectivity index (χ1n) is 10.2. The maximum absolute atomic E-state index is 2.52. The Hall–Kier alpha value is -2.39. The summed E-state index contributed by atoms with van der Waals surface area (Å²) in [4.78, 5) is 2.52. The van der Waals surface area contributed by atoms with Crippen LogP contribution in [0.15, 0.2) is 66.4 Å². The van der Waals surface area contributed by atoms with Gasteiger partial charge in [0.1, 0.15) is 11.7 Å². The van der Waals surface area contributed by atoms with E-state index >= 15 is 0 Å². The van der Waals surface area contributed by atoms with Gasteiger partial charge in [0, 0.05) is 35.5 Å². The lowest BCUT2D eigenvalue weighted by Crippen LogP contribution is -2.28. The first-order valence-corrected chi connectivity index (χ1v) is 11.0. The summed E-state index contributed by atoms with van der Waals surface area (Å²) < 4.78 is 3.61. The number of hydrogen-bond donors (Lipinski definition) is 0. The molecule has 144 valence electrons. The molecule has 0 saturated heterocycles. The van der Waals surface area contributed by atoms with Gasteiger partial charge in [-0.15, -0.1) is 0 Å². The fraction of sp³-hybridized carbons (Fsp3) is 0.320. The molecule has 3 heteroatoms. The highest BCUT2D eigenvalue weighted by atomic mass is 32.1. The van der Waals surface area contributed by atoms with Crippen molar-refractivity contribution < 1.29 is 4.57 Å². The van der Waals surface area contributed by atoms with Crippen LogP contribution in [-0.2, 0) is 12.5 Å². The molecule has 2 aromatic carbocycles. The third kappa shape index (κ3) is 3.18. The largest absolute Gasteiger partial charge is 0.344 e. The number of nitrogens with zero attached hydrogens (tertiary/aromatic N) is 2. The van der Waals surface area contributed by atoms with Gasteiger partial charge >= 0.3 is 0 Å². The van der Waals surface area contributed by atoms with Crippen molar-refractivity contribution in [3.05, 3.63) is 77.0 Å². The second-order valence-electron chi connectivity index (χ2n) is 8.03. The smallest absolute Gasteiger partial charge is 0.262 e. The van der Waals surface area contributed by atoms with E-state index in [0.717, 1.165) is 6.54 Å². The van der Waals surface area contributed by atoms with Gasteiger partial charge in [-0.25, -0.2) is 0 Å². The summed E-state index contributed by atoms with van der Waals surface area (Å²) >= 11 is 1.84. The van der Waals surface area contributed by atoms with Crippen molar-refractivity contribution in [2.45, 2.75) is 39.0 Å². The van der Waals surface area contributed by atoms with Crippen molar-refractivity contribution in [1.82, 2.24) is 0 Å². The second-order valence-corrected chi connectivity index (χ2v) is 9.09. The average molecular weight is 390 g/mol. The van der Waals surface area contributed by atoms with E-state index in [2.05, 4.69) is 104 Å². The lowest BCUT2D eigenvalue weighted by Gasteiger charge is -2.26. The quantitative estimate of drug-likeness (QED) is 0.470. The fourth-order valence-electron chi connectivity index (χ4n) is 4.19. The predicted octanol–water partition coefficient (Wildman–Crippen LogP) is 6.22. The number of aromatic nitrogens is 1. The van der Waals surface area contributed by atoms with Crippen LogP contribution in [0.4, 0.5) is 5.69 Å². The van der Waals surface area contributed by atoms with E-state index in [-0.39, 0.29) is 5.41 Å². The second kappa shape index (κ2) is 7.56. The van der Waals surface area contributed by atoms with E-state index < -0.39 is 0 Å². The van der Waals surface area contributed by atoms with Crippen molar-refractivity contribution >= 4 is 33.3 Å². The van der Waals surface area contributed by atoms with Gasteiger partial charge in [0.15, 0.2) is 0 Å². The Kier molecular flexibility index (Phi) is 5.11. The number of para-hydroxylation sites is 2. The van der Waals surface area contributed by atoms with Crippen LogP contribution < -0.4 is 9.47 Å². The number of benzene rings is 2. The molecule has 1 aliphatic heterocycles. The highest BCUT2D eigenvalue weighted by molar-refractivity contribution is 7.18. The molecule has 4 rings (SSSR count). The molecule has 3 aromatic rings. The molecule has 28 heavy (non-hydrogen) atoms. The summed E-state index contributed by atoms with van der Waals surface area (Å²) in [6.07, 6.45) is 9.21. The summed E-state index contributed by atoms with van der Waals surface area (Å²) in [6.45, 7) is 8.03. The molecule has 0 saturated carbocycles. The van der Waals surface area contributed by atoms with Crippen LogP contribution in [-0.4, -0.2) is 6.54 Å². The van der Waals surface area contributed by atoms with E-state index in [1.165, 1.54) is 45.0 Å².